The number of sulfone groups is 1. The zero-order valence-corrected chi connectivity index (χ0v) is 20.4. The van der Waals surface area contributed by atoms with Crippen LogP contribution in [0.4, 0.5) is 0 Å². The number of carbonyl (C=O) groups excluding carboxylic acids is 2. The monoisotopic (exact) mass is 526 g/mol. The average Bonchev–Trinajstić information content (AvgIpc) is 3.21. The molecule has 0 unspecified atom stereocenters. The fourth-order valence-electron chi connectivity index (χ4n) is 2.85. The van der Waals surface area contributed by atoms with E-state index in [9.17, 15) is 26.4 Å². The van der Waals surface area contributed by atoms with Crippen LogP contribution in [-0.2, 0) is 19.9 Å². The Morgan fingerprint density at radius 3 is 2.29 bits per heavy atom. The second kappa shape index (κ2) is 9.48. The van der Waals surface area contributed by atoms with Crippen molar-refractivity contribution >= 4 is 43.3 Å². The van der Waals surface area contributed by atoms with Crippen LogP contribution in [0.3, 0.4) is 0 Å². The summed E-state index contributed by atoms with van der Waals surface area (Å²) in [6.07, 6.45) is 4.28. The number of aromatic nitrogens is 4. The van der Waals surface area contributed by atoms with E-state index in [1.165, 1.54) is 47.5 Å². The van der Waals surface area contributed by atoms with Crippen molar-refractivity contribution in [3.05, 3.63) is 64.8 Å². The highest BCUT2D eigenvalue weighted by Gasteiger charge is 2.20. The van der Waals surface area contributed by atoms with E-state index in [-0.39, 0.29) is 26.9 Å². The van der Waals surface area contributed by atoms with Gasteiger partial charge in [-0.1, -0.05) is 11.6 Å². The number of amides is 2. The summed E-state index contributed by atoms with van der Waals surface area (Å²) in [6.45, 7) is 1.63. The third kappa shape index (κ3) is 6.15. The van der Waals surface area contributed by atoms with Gasteiger partial charge in [-0.2, -0.15) is 9.78 Å². The van der Waals surface area contributed by atoms with Gasteiger partial charge in [0.15, 0.2) is 21.5 Å². The predicted molar refractivity (Wildman–Crippen MR) is 122 cm³/mol. The quantitative estimate of drug-likeness (QED) is 0.453. The topological polar surface area (TPSA) is 170 Å². The van der Waals surface area contributed by atoms with E-state index in [2.05, 4.69) is 20.4 Å². The lowest BCUT2D eigenvalue weighted by atomic mass is 10.2. The molecule has 15 heteroatoms. The summed E-state index contributed by atoms with van der Waals surface area (Å²) in [7, 11) is -7.30. The second-order valence-electron chi connectivity index (χ2n) is 7.28. The molecule has 2 heterocycles. The molecule has 0 saturated heterocycles. The lowest BCUT2D eigenvalue weighted by Gasteiger charge is -2.15. The Hall–Kier alpha value is -3.36. The van der Waals surface area contributed by atoms with Crippen LogP contribution < -0.4 is 10.0 Å². The van der Waals surface area contributed by atoms with Gasteiger partial charge in [0.1, 0.15) is 6.33 Å². The van der Waals surface area contributed by atoms with Crippen LogP contribution >= 0.6 is 11.6 Å². The van der Waals surface area contributed by atoms with Crippen LogP contribution in [0.25, 0.3) is 5.82 Å². The first-order chi connectivity index (χ1) is 15.7. The molecule has 12 nitrogen and oxygen atoms in total. The Bertz CT molecular complexity index is 1470. The van der Waals surface area contributed by atoms with Crippen LogP contribution in [0.5, 0.6) is 0 Å². The number of hydrogen-bond acceptors (Lipinski definition) is 9. The van der Waals surface area contributed by atoms with Gasteiger partial charge in [-0.15, -0.1) is 0 Å². The molecule has 3 aromatic rings. The first kappa shape index (κ1) is 25.3. The van der Waals surface area contributed by atoms with Crippen LogP contribution in [-0.4, -0.2) is 60.9 Å². The van der Waals surface area contributed by atoms with Crippen molar-refractivity contribution < 1.29 is 26.4 Å². The van der Waals surface area contributed by atoms with Crippen molar-refractivity contribution in [3.63, 3.8) is 0 Å². The minimum atomic E-state index is -3.73. The van der Waals surface area contributed by atoms with E-state index >= 15 is 0 Å². The van der Waals surface area contributed by atoms with Gasteiger partial charge in [-0.3, -0.25) is 9.59 Å². The first-order valence-electron chi connectivity index (χ1n) is 9.44. The van der Waals surface area contributed by atoms with Crippen LogP contribution in [0.15, 0.2) is 47.8 Å². The molecule has 0 bridgehead atoms. The lowest BCUT2D eigenvalue weighted by molar-refractivity contribution is 0.0936. The van der Waals surface area contributed by atoms with Crippen molar-refractivity contribution in [2.75, 3.05) is 12.5 Å². The Labute approximate surface area is 200 Å². The molecule has 0 aliphatic carbocycles. The van der Waals surface area contributed by atoms with Gasteiger partial charge >= 0.3 is 0 Å². The molecule has 180 valence electrons. The SMILES string of the molecule is C[C@@H](NC(=O)c1cc(Cl)cc(S(C)(=O)=O)c1)c1ncnn1-c1ccc(C(=O)NS(C)(=O)=O)cn1. The highest BCUT2D eigenvalue weighted by Crippen LogP contribution is 2.20. The number of sulfonamides is 1. The van der Waals surface area contributed by atoms with E-state index < -0.39 is 37.7 Å². The van der Waals surface area contributed by atoms with Crippen molar-refractivity contribution in [1.82, 2.24) is 29.8 Å². The van der Waals surface area contributed by atoms with Gasteiger partial charge in [0.05, 0.1) is 22.8 Å². The molecule has 0 aliphatic rings. The fourth-order valence-corrected chi connectivity index (χ4v) is 4.28. The van der Waals surface area contributed by atoms with E-state index in [0.29, 0.717) is 5.82 Å². The first-order valence-corrected chi connectivity index (χ1v) is 13.6. The molecule has 0 fully saturated rings. The van der Waals surface area contributed by atoms with Crippen molar-refractivity contribution in [2.24, 2.45) is 0 Å². The van der Waals surface area contributed by atoms with Gasteiger partial charge in [0.2, 0.25) is 10.0 Å². The maximum Gasteiger partial charge on any atom is 0.266 e. The molecule has 34 heavy (non-hydrogen) atoms. The highest BCUT2D eigenvalue weighted by molar-refractivity contribution is 7.90. The molecule has 0 saturated carbocycles. The molecule has 2 aromatic heterocycles. The van der Waals surface area contributed by atoms with Crippen LogP contribution in [0.1, 0.15) is 39.5 Å². The van der Waals surface area contributed by atoms with E-state index in [1.807, 2.05) is 4.72 Å². The van der Waals surface area contributed by atoms with E-state index in [0.717, 1.165) is 12.5 Å². The smallest absolute Gasteiger partial charge is 0.266 e. The standard InChI is InChI=1S/C19H19ClN6O6S2/c1-11(24-18(27)13-6-14(20)8-15(7-13)33(2,29)30)17-22-10-23-26(17)16-5-4-12(9-21-16)19(28)25-34(3,31)32/h4-11H,1-3H3,(H,24,27)(H,25,28)/t11-/m1/s1. The summed E-state index contributed by atoms with van der Waals surface area (Å²) in [5.74, 6) is -0.877. The fraction of sp³-hybridized carbons (Fsp3) is 0.211. The molecule has 0 aliphatic heterocycles. The third-order valence-corrected chi connectivity index (χ3v) is 6.24. The second-order valence-corrected chi connectivity index (χ2v) is 11.5. The summed E-state index contributed by atoms with van der Waals surface area (Å²) >= 11 is 5.97. The van der Waals surface area contributed by atoms with Crippen molar-refractivity contribution in [2.45, 2.75) is 17.9 Å². The number of nitrogens with zero attached hydrogens (tertiary/aromatic N) is 4. The van der Waals surface area contributed by atoms with Gasteiger partial charge < -0.3 is 5.32 Å². The zero-order valence-electron chi connectivity index (χ0n) is 18.1. The van der Waals surface area contributed by atoms with Crippen LogP contribution in [0.2, 0.25) is 5.02 Å². The maximum atomic E-state index is 12.7. The average molecular weight is 527 g/mol. The summed E-state index contributed by atoms with van der Waals surface area (Å²) < 4.78 is 49.3. The van der Waals surface area contributed by atoms with Gasteiger partial charge in [0.25, 0.3) is 11.8 Å². The largest absolute Gasteiger partial charge is 0.342 e. The van der Waals surface area contributed by atoms with Gasteiger partial charge in [-0.25, -0.2) is 31.5 Å². The summed E-state index contributed by atoms with van der Waals surface area (Å²) in [5, 5.41) is 6.86. The summed E-state index contributed by atoms with van der Waals surface area (Å²) in [4.78, 5) is 32.8. The lowest BCUT2D eigenvalue weighted by Crippen LogP contribution is -2.29. The minimum absolute atomic E-state index is 0.0137. The number of halogens is 1. The molecule has 2 amide bonds. The molecular formula is C19H19ClN6O6S2. The Balaban J connectivity index is 1.81. The van der Waals surface area contributed by atoms with Crippen molar-refractivity contribution in [1.29, 1.82) is 0 Å². The number of nitrogens with one attached hydrogen (secondary N) is 2. The van der Waals surface area contributed by atoms with Crippen LogP contribution in [0, 0.1) is 0 Å². The number of benzene rings is 1. The molecule has 0 spiro atoms. The Morgan fingerprint density at radius 2 is 1.71 bits per heavy atom. The zero-order chi connectivity index (χ0) is 25.3. The predicted octanol–water partition coefficient (Wildman–Crippen LogP) is 0.900. The van der Waals surface area contributed by atoms with Gasteiger partial charge in [-0.05, 0) is 37.3 Å². The summed E-state index contributed by atoms with van der Waals surface area (Å²) in [5.41, 5.74) is 0.0602. The number of pyridine rings is 1. The maximum absolute atomic E-state index is 12.7. The number of carbonyl (C=O) groups is 2. The molecule has 2 N–H and O–H groups in total. The van der Waals surface area contributed by atoms with E-state index in [1.54, 1.807) is 6.92 Å². The summed E-state index contributed by atoms with van der Waals surface area (Å²) in [6, 6.07) is 5.90. The Morgan fingerprint density at radius 1 is 1.00 bits per heavy atom. The molecule has 1 atom stereocenters. The molecular weight excluding hydrogens is 508 g/mol. The molecule has 1 aromatic carbocycles. The van der Waals surface area contributed by atoms with Gasteiger partial charge in [0, 0.05) is 23.0 Å². The minimum Gasteiger partial charge on any atom is -0.342 e. The third-order valence-electron chi connectivity index (χ3n) is 4.38. The molecule has 3 rings (SSSR count). The number of rotatable bonds is 7. The molecule has 0 radical (unpaired) electrons. The normalized spacial score (nSPS) is 12.7. The number of hydrogen-bond donors (Lipinski definition) is 2. The Kier molecular flexibility index (Phi) is 7.05. The van der Waals surface area contributed by atoms with Crippen molar-refractivity contribution in [3.8, 4) is 5.82 Å². The highest BCUT2D eigenvalue weighted by atomic mass is 35.5. The van der Waals surface area contributed by atoms with E-state index in [4.69, 9.17) is 11.6 Å².